The number of imidazole rings is 1. The molecule has 5 heteroatoms. The fourth-order valence-corrected chi connectivity index (χ4v) is 2.28. The van der Waals surface area contributed by atoms with Crippen molar-refractivity contribution in [3.8, 4) is 5.69 Å². The fraction of sp³-hybridized carbons (Fsp3) is 0.231. The Kier molecular flexibility index (Phi) is 2.51. The lowest BCUT2D eigenvalue weighted by Crippen LogP contribution is -2.35. The zero-order valence-corrected chi connectivity index (χ0v) is 9.78. The zero-order chi connectivity index (χ0) is 12.5. The van der Waals surface area contributed by atoms with Crippen molar-refractivity contribution < 1.29 is 9.90 Å². The predicted molar refractivity (Wildman–Crippen MR) is 65.7 cm³/mol. The summed E-state index contributed by atoms with van der Waals surface area (Å²) in [5.74, 6) is 0. The van der Waals surface area contributed by atoms with Crippen LogP contribution in [-0.2, 0) is 13.0 Å². The summed E-state index contributed by atoms with van der Waals surface area (Å²) in [4.78, 5) is 16.6. The van der Waals surface area contributed by atoms with Gasteiger partial charge in [-0.15, -0.1) is 0 Å². The first-order valence-electron chi connectivity index (χ1n) is 5.84. The second kappa shape index (κ2) is 4.18. The number of carboxylic acid groups (broad SMARTS) is 1. The summed E-state index contributed by atoms with van der Waals surface area (Å²) in [6.45, 7) is 0.908. The Morgan fingerprint density at radius 1 is 1.28 bits per heavy atom. The molecule has 0 atom stereocenters. The average molecular weight is 243 g/mol. The van der Waals surface area contributed by atoms with Gasteiger partial charge in [-0.25, -0.2) is 9.78 Å². The van der Waals surface area contributed by atoms with E-state index in [1.165, 1.54) is 4.90 Å². The van der Waals surface area contributed by atoms with E-state index in [1.54, 1.807) is 6.33 Å². The fourth-order valence-electron chi connectivity index (χ4n) is 2.28. The Morgan fingerprint density at radius 2 is 2.06 bits per heavy atom. The second-order valence-corrected chi connectivity index (χ2v) is 4.30. The molecule has 92 valence electrons. The molecule has 1 aromatic heterocycles. The van der Waals surface area contributed by atoms with E-state index < -0.39 is 6.09 Å². The van der Waals surface area contributed by atoms with Crippen LogP contribution in [0.4, 0.5) is 4.79 Å². The maximum absolute atomic E-state index is 10.9. The molecule has 1 aromatic carbocycles. The maximum atomic E-state index is 10.9. The summed E-state index contributed by atoms with van der Waals surface area (Å²) in [6, 6.07) is 9.97. The first kappa shape index (κ1) is 10.8. The summed E-state index contributed by atoms with van der Waals surface area (Å²) in [5.41, 5.74) is 3.03. The number of fused-ring (bicyclic) bond motifs is 1. The second-order valence-electron chi connectivity index (χ2n) is 4.30. The van der Waals surface area contributed by atoms with Gasteiger partial charge in [-0.3, -0.25) is 0 Å². The minimum Gasteiger partial charge on any atom is -0.465 e. The first-order chi connectivity index (χ1) is 8.75. The van der Waals surface area contributed by atoms with Crippen molar-refractivity contribution in [1.29, 1.82) is 0 Å². The molecular formula is C13H13N3O2. The molecule has 5 nitrogen and oxygen atoms in total. The van der Waals surface area contributed by atoms with E-state index in [1.807, 2.05) is 34.9 Å². The van der Waals surface area contributed by atoms with Crippen LogP contribution in [0, 0.1) is 0 Å². The molecule has 0 saturated carbocycles. The number of benzene rings is 1. The zero-order valence-electron chi connectivity index (χ0n) is 9.78. The highest BCUT2D eigenvalue weighted by Gasteiger charge is 2.24. The van der Waals surface area contributed by atoms with Crippen LogP contribution in [0.1, 0.15) is 11.4 Å². The maximum Gasteiger partial charge on any atom is 0.407 e. The van der Waals surface area contributed by atoms with Crippen molar-refractivity contribution >= 4 is 6.09 Å². The number of carbonyl (C=O) groups is 1. The Bertz CT molecular complexity index is 577. The standard InChI is InChI=1S/C13H13N3O2/c17-13(18)15-7-6-12-11(8-15)14-9-16(12)10-4-2-1-3-5-10/h1-5,9H,6-8H2,(H,17,18). The molecule has 1 aliphatic heterocycles. The van der Waals surface area contributed by atoms with Gasteiger partial charge >= 0.3 is 6.09 Å². The van der Waals surface area contributed by atoms with Crippen molar-refractivity contribution in [2.24, 2.45) is 0 Å². The third kappa shape index (κ3) is 1.73. The van der Waals surface area contributed by atoms with E-state index in [9.17, 15) is 4.79 Å². The summed E-state index contributed by atoms with van der Waals surface area (Å²) in [7, 11) is 0. The minimum atomic E-state index is -0.880. The third-order valence-corrected chi connectivity index (χ3v) is 3.22. The molecule has 0 radical (unpaired) electrons. The van der Waals surface area contributed by atoms with E-state index in [2.05, 4.69) is 4.98 Å². The number of hydrogen-bond acceptors (Lipinski definition) is 2. The number of aromatic nitrogens is 2. The molecule has 0 unspecified atom stereocenters. The van der Waals surface area contributed by atoms with Crippen LogP contribution < -0.4 is 0 Å². The molecule has 2 heterocycles. The van der Waals surface area contributed by atoms with Crippen LogP contribution in [0.15, 0.2) is 36.7 Å². The van der Waals surface area contributed by atoms with Crippen molar-refractivity contribution in [1.82, 2.24) is 14.5 Å². The molecule has 0 fully saturated rings. The molecule has 18 heavy (non-hydrogen) atoms. The summed E-state index contributed by atoms with van der Waals surface area (Å²) in [5, 5.41) is 8.98. The third-order valence-electron chi connectivity index (χ3n) is 3.22. The van der Waals surface area contributed by atoms with E-state index in [-0.39, 0.29) is 0 Å². The summed E-state index contributed by atoms with van der Waals surface area (Å²) < 4.78 is 2.04. The number of hydrogen-bond donors (Lipinski definition) is 1. The topological polar surface area (TPSA) is 58.4 Å². The van der Waals surface area contributed by atoms with Gasteiger partial charge < -0.3 is 14.6 Å². The van der Waals surface area contributed by atoms with Gasteiger partial charge in [0.2, 0.25) is 0 Å². The molecule has 3 rings (SSSR count). The van der Waals surface area contributed by atoms with Crippen molar-refractivity contribution in [2.75, 3.05) is 6.54 Å². The highest BCUT2D eigenvalue weighted by molar-refractivity contribution is 5.65. The minimum absolute atomic E-state index is 0.379. The highest BCUT2D eigenvalue weighted by atomic mass is 16.4. The van der Waals surface area contributed by atoms with Gasteiger partial charge in [-0.05, 0) is 12.1 Å². The SMILES string of the molecule is O=C(O)N1CCc2c(ncn2-c2ccccc2)C1. The monoisotopic (exact) mass is 243 g/mol. The lowest BCUT2D eigenvalue weighted by molar-refractivity contribution is 0.139. The largest absolute Gasteiger partial charge is 0.465 e. The molecule has 0 saturated heterocycles. The lowest BCUT2D eigenvalue weighted by Gasteiger charge is -2.24. The van der Waals surface area contributed by atoms with Gasteiger partial charge in [0.05, 0.1) is 18.6 Å². The van der Waals surface area contributed by atoms with E-state index in [4.69, 9.17) is 5.11 Å². The normalized spacial score (nSPS) is 14.3. The van der Waals surface area contributed by atoms with Crippen LogP contribution in [-0.4, -0.2) is 32.2 Å². The van der Waals surface area contributed by atoms with E-state index in [0.717, 1.165) is 17.1 Å². The molecule has 0 bridgehead atoms. The van der Waals surface area contributed by atoms with Crippen molar-refractivity contribution in [3.63, 3.8) is 0 Å². The molecule has 1 N–H and O–H groups in total. The Labute approximate surface area is 104 Å². The van der Waals surface area contributed by atoms with Gasteiger partial charge in [-0.1, -0.05) is 18.2 Å². The summed E-state index contributed by atoms with van der Waals surface area (Å²) >= 11 is 0. The smallest absolute Gasteiger partial charge is 0.407 e. The predicted octanol–water partition coefficient (Wildman–Crippen LogP) is 1.91. The van der Waals surface area contributed by atoms with Crippen LogP contribution in [0.3, 0.4) is 0 Å². The van der Waals surface area contributed by atoms with Crippen LogP contribution in [0.5, 0.6) is 0 Å². The number of amides is 1. The van der Waals surface area contributed by atoms with Gasteiger partial charge in [0.15, 0.2) is 0 Å². The molecule has 1 amide bonds. The first-order valence-corrected chi connectivity index (χ1v) is 5.84. The van der Waals surface area contributed by atoms with Crippen LogP contribution in [0.25, 0.3) is 5.69 Å². The Balaban J connectivity index is 1.96. The van der Waals surface area contributed by atoms with E-state index >= 15 is 0 Å². The van der Waals surface area contributed by atoms with Crippen LogP contribution in [0.2, 0.25) is 0 Å². The lowest BCUT2D eigenvalue weighted by atomic mass is 10.1. The van der Waals surface area contributed by atoms with Gasteiger partial charge in [0, 0.05) is 24.3 Å². The summed E-state index contributed by atoms with van der Waals surface area (Å²) in [6.07, 6.45) is 1.59. The average Bonchev–Trinajstić information content (AvgIpc) is 2.82. The van der Waals surface area contributed by atoms with E-state index in [0.29, 0.717) is 19.5 Å². The Morgan fingerprint density at radius 3 is 2.78 bits per heavy atom. The van der Waals surface area contributed by atoms with Gasteiger partial charge in [0.25, 0.3) is 0 Å². The van der Waals surface area contributed by atoms with Crippen LogP contribution >= 0.6 is 0 Å². The highest BCUT2D eigenvalue weighted by Crippen LogP contribution is 2.21. The number of para-hydroxylation sites is 1. The van der Waals surface area contributed by atoms with Crippen molar-refractivity contribution in [3.05, 3.63) is 48.0 Å². The molecule has 1 aliphatic rings. The number of nitrogens with zero attached hydrogens (tertiary/aromatic N) is 3. The van der Waals surface area contributed by atoms with Crippen molar-refractivity contribution in [2.45, 2.75) is 13.0 Å². The molecular weight excluding hydrogens is 230 g/mol. The molecule has 0 spiro atoms. The molecule has 2 aromatic rings. The van der Waals surface area contributed by atoms with Gasteiger partial charge in [0.1, 0.15) is 0 Å². The number of rotatable bonds is 1. The van der Waals surface area contributed by atoms with Gasteiger partial charge in [-0.2, -0.15) is 0 Å². The Hall–Kier alpha value is -2.30. The molecule has 0 aliphatic carbocycles. The quantitative estimate of drug-likeness (QED) is 0.832.